The van der Waals surface area contributed by atoms with Crippen molar-refractivity contribution in [1.29, 1.82) is 0 Å². The number of nitrogens with one attached hydrogen (secondary N) is 1. The summed E-state index contributed by atoms with van der Waals surface area (Å²) in [6.07, 6.45) is 9.64. The first-order chi connectivity index (χ1) is 12.4. The fourth-order valence-electron chi connectivity index (χ4n) is 3.98. The molecular formula is C21H27N3O2. The van der Waals surface area contributed by atoms with Gasteiger partial charge in [-0.2, -0.15) is 0 Å². The van der Waals surface area contributed by atoms with Gasteiger partial charge in [-0.25, -0.2) is 0 Å². The number of aliphatic hydroxyl groups is 1. The third-order valence-electron chi connectivity index (χ3n) is 5.91. The molecule has 0 atom stereocenters. The van der Waals surface area contributed by atoms with E-state index in [2.05, 4.69) is 15.3 Å². The number of pyridine rings is 2. The Morgan fingerprint density at radius 2 is 1.81 bits per heavy atom. The van der Waals surface area contributed by atoms with Gasteiger partial charge in [0.05, 0.1) is 16.7 Å². The van der Waals surface area contributed by atoms with Crippen LogP contribution in [0.15, 0.2) is 24.5 Å². The van der Waals surface area contributed by atoms with Gasteiger partial charge in [0.2, 0.25) is 0 Å². The minimum Gasteiger partial charge on any atom is -0.390 e. The second kappa shape index (κ2) is 6.62. The standard InChI is InChI=1S/C21H27N3O2/c1-21(2,26)16-5-7-17(8-6-16)24-20(25)15-9-14-11-22-18(13-3-4-13)10-19(14)23-12-15/h9-13,16-17,26H,3-8H2,1-2H3,(H,24,25). The number of carbonyl (C=O) groups is 1. The summed E-state index contributed by atoms with van der Waals surface area (Å²) in [7, 11) is 0. The lowest BCUT2D eigenvalue weighted by Gasteiger charge is -2.36. The van der Waals surface area contributed by atoms with Crippen LogP contribution in [0.3, 0.4) is 0 Å². The van der Waals surface area contributed by atoms with Crippen molar-refractivity contribution in [3.8, 4) is 0 Å². The number of hydrogen-bond acceptors (Lipinski definition) is 4. The Morgan fingerprint density at radius 3 is 2.46 bits per heavy atom. The fourth-order valence-corrected chi connectivity index (χ4v) is 3.98. The molecule has 5 heteroatoms. The molecule has 2 aliphatic carbocycles. The van der Waals surface area contributed by atoms with E-state index < -0.39 is 5.60 Å². The lowest BCUT2D eigenvalue weighted by molar-refractivity contribution is -0.00257. The highest BCUT2D eigenvalue weighted by Crippen LogP contribution is 2.39. The average Bonchev–Trinajstić information content (AvgIpc) is 3.45. The van der Waals surface area contributed by atoms with E-state index in [1.807, 2.05) is 32.2 Å². The van der Waals surface area contributed by atoms with Gasteiger partial charge in [-0.3, -0.25) is 14.8 Å². The van der Waals surface area contributed by atoms with Crippen LogP contribution in [-0.4, -0.2) is 32.6 Å². The zero-order chi connectivity index (χ0) is 18.3. The van der Waals surface area contributed by atoms with Gasteiger partial charge >= 0.3 is 0 Å². The van der Waals surface area contributed by atoms with Gasteiger partial charge in [0, 0.05) is 35.4 Å². The normalized spacial score (nSPS) is 23.8. The van der Waals surface area contributed by atoms with Crippen molar-refractivity contribution in [2.45, 2.75) is 69.9 Å². The summed E-state index contributed by atoms with van der Waals surface area (Å²) < 4.78 is 0. The molecule has 0 saturated heterocycles. The maximum atomic E-state index is 12.6. The van der Waals surface area contributed by atoms with Crippen LogP contribution in [0.1, 0.15) is 74.3 Å². The zero-order valence-corrected chi connectivity index (χ0v) is 15.5. The minimum absolute atomic E-state index is 0.0719. The summed E-state index contributed by atoms with van der Waals surface area (Å²) in [5, 5.41) is 14.2. The van der Waals surface area contributed by atoms with E-state index in [1.54, 1.807) is 6.20 Å². The molecule has 0 aliphatic heterocycles. The molecule has 0 radical (unpaired) electrons. The predicted octanol–water partition coefficient (Wildman–Crippen LogP) is 3.57. The Bertz CT molecular complexity index is 816. The third-order valence-corrected chi connectivity index (χ3v) is 5.91. The lowest BCUT2D eigenvalue weighted by atomic mass is 9.77. The van der Waals surface area contributed by atoms with E-state index in [0.29, 0.717) is 17.4 Å². The lowest BCUT2D eigenvalue weighted by Crippen LogP contribution is -2.41. The summed E-state index contributed by atoms with van der Waals surface area (Å²) >= 11 is 0. The van der Waals surface area contributed by atoms with Crippen molar-refractivity contribution in [3.05, 3.63) is 35.8 Å². The Morgan fingerprint density at radius 1 is 1.08 bits per heavy atom. The first-order valence-electron chi connectivity index (χ1n) is 9.69. The number of aromatic nitrogens is 2. The summed E-state index contributed by atoms with van der Waals surface area (Å²) in [6, 6.07) is 4.10. The number of carbonyl (C=O) groups excluding carboxylic acids is 1. The van der Waals surface area contributed by atoms with Crippen LogP contribution in [0.4, 0.5) is 0 Å². The molecule has 2 aromatic heterocycles. The van der Waals surface area contributed by atoms with Gasteiger partial charge < -0.3 is 10.4 Å². The zero-order valence-electron chi connectivity index (χ0n) is 15.5. The van der Waals surface area contributed by atoms with Crippen molar-refractivity contribution in [2.24, 2.45) is 5.92 Å². The number of amides is 1. The van der Waals surface area contributed by atoms with Crippen LogP contribution >= 0.6 is 0 Å². The maximum Gasteiger partial charge on any atom is 0.253 e. The second-order valence-corrected chi connectivity index (χ2v) is 8.48. The van der Waals surface area contributed by atoms with Gasteiger partial charge in [-0.1, -0.05) is 0 Å². The second-order valence-electron chi connectivity index (χ2n) is 8.48. The molecule has 2 aromatic rings. The largest absolute Gasteiger partial charge is 0.390 e. The van der Waals surface area contributed by atoms with Crippen LogP contribution in [-0.2, 0) is 0 Å². The van der Waals surface area contributed by atoms with Gasteiger partial charge in [0.25, 0.3) is 5.91 Å². The molecule has 2 N–H and O–H groups in total. The summed E-state index contributed by atoms with van der Waals surface area (Å²) in [5.74, 6) is 0.838. The molecule has 0 spiro atoms. The van der Waals surface area contributed by atoms with Crippen LogP contribution in [0, 0.1) is 5.92 Å². The third kappa shape index (κ3) is 3.73. The smallest absolute Gasteiger partial charge is 0.253 e. The Balaban J connectivity index is 1.41. The van der Waals surface area contributed by atoms with E-state index in [1.165, 1.54) is 12.8 Å². The van der Waals surface area contributed by atoms with Crippen molar-refractivity contribution >= 4 is 16.8 Å². The molecule has 0 unspecified atom stereocenters. The quantitative estimate of drug-likeness (QED) is 0.881. The van der Waals surface area contributed by atoms with Crippen LogP contribution in [0.2, 0.25) is 0 Å². The Kier molecular flexibility index (Phi) is 4.43. The van der Waals surface area contributed by atoms with E-state index >= 15 is 0 Å². The molecule has 5 nitrogen and oxygen atoms in total. The first-order valence-corrected chi connectivity index (χ1v) is 9.69. The molecule has 0 bridgehead atoms. The molecule has 0 aromatic carbocycles. The number of hydrogen-bond donors (Lipinski definition) is 2. The molecule has 2 saturated carbocycles. The highest BCUT2D eigenvalue weighted by molar-refractivity contribution is 5.97. The monoisotopic (exact) mass is 353 g/mol. The molecule has 4 rings (SSSR count). The highest BCUT2D eigenvalue weighted by Gasteiger charge is 2.32. The van der Waals surface area contributed by atoms with Crippen molar-refractivity contribution < 1.29 is 9.90 Å². The van der Waals surface area contributed by atoms with E-state index in [4.69, 9.17) is 0 Å². The maximum absolute atomic E-state index is 12.6. The van der Waals surface area contributed by atoms with Gasteiger partial charge in [-0.05, 0) is 70.4 Å². The fraction of sp³-hybridized carbons (Fsp3) is 0.571. The van der Waals surface area contributed by atoms with Gasteiger partial charge in [0.1, 0.15) is 0 Å². The predicted molar refractivity (Wildman–Crippen MR) is 101 cm³/mol. The Hall–Kier alpha value is -2.01. The highest BCUT2D eigenvalue weighted by atomic mass is 16.3. The molecule has 1 amide bonds. The Labute approximate surface area is 154 Å². The van der Waals surface area contributed by atoms with Crippen LogP contribution in [0.25, 0.3) is 10.9 Å². The summed E-state index contributed by atoms with van der Waals surface area (Å²) in [6.45, 7) is 3.75. The topological polar surface area (TPSA) is 75.1 Å². The summed E-state index contributed by atoms with van der Waals surface area (Å²) in [4.78, 5) is 21.6. The molecule has 138 valence electrons. The molecule has 2 heterocycles. The van der Waals surface area contributed by atoms with Crippen LogP contribution < -0.4 is 5.32 Å². The molecular weight excluding hydrogens is 326 g/mol. The van der Waals surface area contributed by atoms with Gasteiger partial charge in [0.15, 0.2) is 0 Å². The van der Waals surface area contributed by atoms with Gasteiger partial charge in [-0.15, -0.1) is 0 Å². The number of rotatable bonds is 4. The molecule has 2 fully saturated rings. The van der Waals surface area contributed by atoms with E-state index in [0.717, 1.165) is 42.3 Å². The SMILES string of the molecule is CC(C)(O)C1CCC(NC(=O)c2cnc3cc(C4CC4)ncc3c2)CC1. The average molecular weight is 353 g/mol. The minimum atomic E-state index is -0.635. The van der Waals surface area contributed by atoms with Crippen molar-refractivity contribution in [3.63, 3.8) is 0 Å². The number of nitrogens with zero attached hydrogens (tertiary/aromatic N) is 2. The van der Waals surface area contributed by atoms with Crippen molar-refractivity contribution in [1.82, 2.24) is 15.3 Å². The summed E-state index contributed by atoms with van der Waals surface area (Å²) in [5.41, 5.74) is 1.97. The molecule has 2 aliphatic rings. The van der Waals surface area contributed by atoms with Crippen molar-refractivity contribution in [2.75, 3.05) is 0 Å². The van der Waals surface area contributed by atoms with E-state index in [9.17, 15) is 9.90 Å². The van der Waals surface area contributed by atoms with Crippen LogP contribution in [0.5, 0.6) is 0 Å². The van der Waals surface area contributed by atoms with E-state index in [-0.39, 0.29) is 11.9 Å². The first kappa shape index (κ1) is 17.4. The number of fused-ring (bicyclic) bond motifs is 1. The molecule has 26 heavy (non-hydrogen) atoms.